The molecule has 0 aliphatic carbocycles. The molecule has 0 aliphatic heterocycles. The minimum absolute atomic E-state index is 1.10. The van der Waals surface area contributed by atoms with E-state index in [1.807, 2.05) is 29.9 Å². The Morgan fingerprint density at radius 3 is 2.50 bits per heavy atom. The Hall–Kier alpha value is -0.880. The molecule has 0 saturated heterocycles. The number of hydrogen-bond donors (Lipinski definition) is 0. The van der Waals surface area contributed by atoms with Crippen molar-refractivity contribution < 1.29 is 0 Å². The van der Waals surface area contributed by atoms with Gasteiger partial charge in [0, 0.05) is 12.4 Å². The number of rotatable bonds is 1. The third-order valence-electron chi connectivity index (χ3n) is 0.723. The van der Waals surface area contributed by atoms with Gasteiger partial charge in [-0.3, -0.25) is 3.97 Å². The summed E-state index contributed by atoms with van der Waals surface area (Å²) in [5.41, 5.74) is 0. The second-order valence-electron chi connectivity index (χ2n) is 1.23. The van der Waals surface area contributed by atoms with E-state index in [0.29, 0.717) is 0 Å². The first-order valence-corrected chi connectivity index (χ1v) is 2.90. The van der Waals surface area contributed by atoms with Crippen LogP contribution in [0.25, 0.3) is 0 Å². The van der Waals surface area contributed by atoms with Gasteiger partial charge in [0.25, 0.3) is 0 Å². The Morgan fingerprint density at radius 2 is 2.00 bits per heavy atom. The lowest BCUT2D eigenvalue weighted by atomic mass is 10.7. The molecular formula is C5H4N2S. The minimum Gasteiger partial charge on any atom is -0.287 e. The van der Waals surface area contributed by atoms with Crippen LogP contribution in [-0.2, 0) is 0 Å². The fourth-order valence-electron chi connectivity index (χ4n) is 0.427. The molecule has 0 amide bonds. The van der Waals surface area contributed by atoms with Crippen LogP contribution >= 0.6 is 11.9 Å². The SMILES string of the molecule is N#CSn1cccc1. The molecule has 0 aliphatic rings. The van der Waals surface area contributed by atoms with E-state index in [2.05, 4.69) is 0 Å². The van der Waals surface area contributed by atoms with E-state index in [9.17, 15) is 0 Å². The van der Waals surface area contributed by atoms with Crippen LogP contribution in [0.1, 0.15) is 0 Å². The highest BCUT2D eigenvalue weighted by Crippen LogP contribution is 2.01. The first-order chi connectivity index (χ1) is 3.93. The standard InChI is InChI=1S/C5H4N2S/c6-5-8-7-3-1-2-4-7/h1-4H. The van der Waals surface area contributed by atoms with Crippen LogP contribution in [0.3, 0.4) is 0 Å². The lowest BCUT2D eigenvalue weighted by Crippen LogP contribution is -1.72. The van der Waals surface area contributed by atoms with Crippen molar-refractivity contribution in [2.75, 3.05) is 0 Å². The molecule has 1 aromatic heterocycles. The van der Waals surface area contributed by atoms with Crippen LogP contribution in [0.5, 0.6) is 0 Å². The van der Waals surface area contributed by atoms with Crippen molar-refractivity contribution in [2.24, 2.45) is 0 Å². The van der Waals surface area contributed by atoms with Gasteiger partial charge in [-0.25, -0.2) is 0 Å². The average molecular weight is 124 g/mol. The summed E-state index contributed by atoms with van der Waals surface area (Å²) >= 11 is 1.10. The first kappa shape index (κ1) is 5.26. The molecule has 0 aromatic carbocycles. The van der Waals surface area contributed by atoms with Gasteiger partial charge in [-0.15, -0.1) is 0 Å². The smallest absolute Gasteiger partial charge is 0.156 e. The highest BCUT2D eigenvalue weighted by atomic mass is 32.2. The molecule has 1 aromatic rings. The number of hydrogen-bond acceptors (Lipinski definition) is 2. The molecule has 0 fully saturated rings. The summed E-state index contributed by atoms with van der Waals surface area (Å²) in [6, 6.07) is 3.76. The number of nitrogens with zero attached hydrogens (tertiary/aromatic N) is 2. The highest BCUT2D eigenvalue weighted by molar-refractivity contribution is 8.02. The van der Waals surface area contributed by atoms with E-state index in [0.717, 1.165) is 11.9 Å². The molecule has 2 nitrogen and oxygen atoms in total. The van der Waals surface area contributed by atoms with E-state index in [4.69, 9.17) is 5.26 Å². The molecule has 1 heterocycles. The summed E-state index contributed by atoms with van der Waals surface area (Å²) < 4.78 is 1.74. The zero-order chi connectivity index (χ0) is 5.82. The maximum atomic E-state index is 8.13. The van der Waals surface area contributed by atoms with Gasteiger partial charge in [-0.2, -0.15) is 5.26 Å². The quantitative estimate of drug-likeness (QED) is 0.530. The van der Waals surface area contributed by atoms with E-state index < -0.39 is 0 Å². The Morgan fingerprint density at radius 1 is 1.38 bits per heavy atom. The first-order valence-electron chi connectivity index (χ1n) is 2.13. The lowest BCUT2D eigenvalue weighted by molar-refractivity contribution is 1.30. The van der Waals surface area contributed by atoms with E-state index in [1.165, 1.54) is 0 Å². The summed E-state index contributed by atoms with van der Waals surface area (Å²) in [5.74, 6) is 0. The Kier molecular flexibility index (Phi) is 1.60. The number of thiocyanates is 1. The van der Waals surface area contributed by atoms with Gasteiger partial charge < -0.3 is 0 Å². The van der Waals surface area contributed by atoms with Gasteiger partial charge in [0.05, 0.1) is 11.9 Å². The van der Waals surface area contributed by atoms with Gasteiger partial charge in [0.1, 0.15) is 0 Å². The molecule has 0 radical (unpaired) electrons. The Bertz CT molecular complexity index is 185. The minimum atomic E-state index is 1.10. The molecule has 40 valence electrons. The van der Waals surface area contributed by atoms with Gasteiger partial charge in [-0.05, 0) is 12.1 Å². The van der Waals surface area contributed by atoms with Crippen molar-refractivity contribution in [1.82, 2.24) is 3.97 Å². The molecule has 8 heavy (non-hydrogen) atoms. The summed E-state index contributed by atoms with van der Waals surface area (Å²) in [7, 11) is 0. The third-order valence-corrected chi connectivity index (χ3v) is 1.26. The number of aromatic nitrogens is 1. The van der Waals surface area contributed by atoms with Crippen molar-refractivity contribution in [3.8, 4) is 5.40 Å². The summed E-state index contributed by atoms with van der Waals surface area (Å²) in [5, 5.41) is 10.1. The second-order valence-corrected chi connectivity index (χ2v) is 2.01. The zero-order valence-corrected chi connectivity index (χ0v) is 4.93. The maximum Gasteiger partial charge on any atom is 0.156 e. The normalized spacial score (nSPS) is 8.38. The number of nitriles is 1. The summed E-state index contributed by atoms with van der Waals surface area (Å²) in [4.78, 5) is 0. The van der Waals surface area contributed by atoms with Crippen LogP contribution in [-0.4, -0.2) is 3.97 Å². The van der Waals surface area contributed by atoms with Crippen molar-refractivity contribution >= 4 is 11.9 Å². The Labute approximate surface area is 51.9 Å². The van der Waals surface area contributed by atoms with Crippen molar-refractivity contribution in [1.29, 1.82) is 5.26 Å². The van der Waals surface area contributed by atoms with Crippen molar-refractivity contribution in [2.45, 2.75) is 0 Å². The third kappa shape index (κ3) is 1.04. The Balaban J connectivity index is 2.67. The largest absolute Gasteiger partial charge is 0.287 e. The topological polar surface area (TPSA) is 28.7 Å². The fourth-order valence-corrected chi connectivity index (χ4v) is 0.783. The van der Waals surface area contributed by atoms with Gasteiger partial charge >= 0.3 is 0 Å². The molecule has 0 saturated carbocycles. The molecule has 0 spiro atoms. The van der Waals surface area contributed by atoms with Crippen LogP contribution in [0.2, 0.25) is 0 Å². The average Bonchev–Trinajstić information content (AvgIpc) is 2.19. The van der Waals surface area contributed by atoms with Gasteiger partial charge in [-0.1, -0.05) is 0 Å². The van der Waals surface area contributed by atoms with Gasteiger partial charge in [0.2, 0.25) is 0 Å². The molecule has 0 bridgehead atoms. The monoisotopic (exact) mass is 124 g/mol. The zero-order valence-electron chi connectivity index (χ0n) is 4.11. The second kappa shape index (κ2) is 2.43. The van der Waals surface area contributed by atoms with E-state index >= 15 is 0 Å². The highest BCUT2D eigenvalue weighted by Gasteiger charge is 1.81. The molecular weight excluding hydrogens is 120 g/mol. The summed E-state index contributed by atoms with van der Waals surface area (Å²) in [6.45, 7) is 0. The fraction of sp³-hybridized carbons (Fsp3) is 0. The van der Waals surface area contributed by atoms with Crippen LogP contribution < -0.4 is 0 Å². The van der Waals surface area contributed by atoms with Crippen LogP contribution in [0.15, 0.2) is 24.5 Å². The molecule has 1 rings (SSSR count). The predicted octanol–water partition coefficient (Wildman–Crippen LogP) is 1.47. The van der Waals surface area contributed by atoms with Crippen LogP contribution in [0, 0.1) is 10.7 Å². The van der Waals surface area contributed by atoms with Crippen molar-refractivity contribution in [3.05, 3.63) is 24.5 Å². The van der Waals surface area contributed by atoms with Crippen molar-refractivity contribution in [3.63, 3.8) is 0 Å². The van der Waals surface area contributed by atoms with E-state index in [-0.39, 0.29) is 0 Å². The van der Waals surface area contributed by atoms with Gasteiger partial charge in [0.15, 0.2) is 5.40 Å². The van der Waals surface area contributed by atoms with Crippen LogP contribution in [0.4, 0.5) is 0 Å². The molecule has 0 N–H and O–H groups in total. The molecule has 0 unspecified atom stereocenters. The predicted molar refractivity (Wildman–Crippen MR) is 33.0 cm³/mol. The maximum absolute atomic E-state index is 8.13. The lowest BCUT2D eigenvalue weighted by Gasteiger charge is -1.85. The summed E-state index contributed by atoms with van der Waals surface area (Å²) in [6.07, 6.45) is 3.65. The molecule has 3 heteroatoms. The van der Waals surface area contributed by atoms with E-state index in [1.54, 1.807) is 3.97 Å². The molecule has 0 atom stereocenters.